The van der Waals surface area contributed by atoms with Crippen LogP contribution in [0.5, 0.6) is 0 Å². The Balaban J connectivity index is 1.98. The minimum absolute atomic E-state index is 0.0165. The van der Waals surface area contributed by atoms with Gasteiger partial charge in [-0.1, -0.05) is 19.3 Å². The monoisotopic (exact) mass is 283 g/mol. The van der Waals surface area contributed by atoms with Gasteiger partial charge in [-0.25, -0.2) is 0 Å². The molecule has 2 N–H and O–H groups in total. The van der Waals surface area contributed by atoms with Gasteiger partial charge in [-0.15, -0.1) is 0 Å². The summed E-state index contributed by atoms with van der Waals surface area (Å²) in [7, 11) is 0. The van der Waals surface area contributed by atoms with E-state index < -0.39 is 5.97 Å². The van der Waals surface area contributed by atoms with Gasteiger partial charge >= 0.3 is 5.97 Å². The van der Waals surface area contributed by atoms with Crippen LogP contribution in [0.4, 0.5) is 0 Å². The first-order valence-electron chi connectivity index (χ1n) is 7.77. The molecule has 2 saturated carbocycles. The molecule has 1 amide bonds. The van der Waals surface area contributed by atoms with Crippen LogP contribution in [0.2, 0.25) is 0 Å². The van der Waals surface area contributed by atoms with E-state index in [1.54, 1.807) is 0 Å². The van der Waals surface area contributed by atoms with Crippen molar-refractivity contribution < 1.29 is 19.8 Å². The molecule has 2 aliphatic rings. The van der Waals surface area contributed by atoms with Gasteiger partial charge in [-0.3, -0.25) is 9.59 Å². The van der Waals surface area contributed by atoms with E-state index in [1.165, 1.54) is 6.42 Å². The Morgan fingerprint density at radius 3 is 2.20 bits per heavy atom. The van der Waals surface area contributed by atoms with Crippen molar-refractivity contribution in [2.45, 2.75) is 57.4 Å². The second-order valence-electron chi connectivity index (χ2n) is 6.09. The Labute approximate surface area is 120 Å². The molecule has 2 rings (SSSR count). The number of aliphatic hydroxyl groups excluding tert-OH is 1. The van der Waals surface area contributed by atoms with E-state index in [4.69, 9.17) is 5.11 Å². The summed E-state index contributed by atoms with van der Waals surface area (Å²) in [6.07, 6.45) is 7.27. The summed E-state index contributed by atoms with van der Waals surface area (Å²) >= 11 is 0. The van der Waals surface area contributed by atoms with Gasteiger partial charge in [-0.2, -0.15) is 0 Å². The normalized spacial score (nSPS) is 27.4. The zero-order valence-electron chi connectivity index (χ0n) is 12.0. The number of rotatable bonds is 5. The number of aliphatic hydroxyl groups is 1. The van der Waals surface area contributed by atoms with Crippen molar-refractivity contribution in [1.29, 1.82) is 0 Å². The number of hydrogen-bond donors (Lipinski definition) is 2. The standard InChI is InChI=1S/C15H25NO4/c17-9-8-16(13-4-2-1-3-5-13)14(18)11-6-7-12(10-11)15(19)20/h11-13,17H,1-10H2,(H,19,20). The average Bonchev–Trinajstić information content (AvgIpc) is 2.95. The van der Waals surface area contributed by atoms with Gasteiger partial charge < -0.3 is 15.1 Å². The van der Waals surface area contributed by atoms with Gasteiger partial charge in [0, 0.05) is 18.5 Å². The van der Waals surface area contributed by atoms with E-state index in [2.05, 4.69) is 0 Å². The summed E-state index contributed by atoms with van der Waals surface area (Å²) in [4.78, 5) is 25.5. The van der Waals surface area contributed by atoms with E-state index in [1.807, 2.05) is 4.90 Å². The molecule has 0 aromatic carbocycles. The van der Waals surface area contributed by atoms with E-state index in [0.29, 0.717) is 25.8 Å². The van der Waals surface area contributed by atoms with Crippen molar-refractivity contribution >= 4 is 11.9 Å². The number of nitrogens with zero attached hydrogens (tertiary/aromatic N) is 1. The largest absolute Gasteiger partial charge is 0.481 e. The highest BCUT2D eigenvalue weighted by atomic mass is 16.4. The van der Waals surface area contributed by atoms with Crippen molar-refractivity contribution in [2.75, 3.05) is 13.2 Å². The molecule has 114 valence electrons. The lowest BCUT2D eigenvalue weighted by molar-refractivity contribution is -0.142. The highest BCUT2D eigenvalue weighted by molar-refractivity contribution is 5.81. The molecule has 20 heavy (non-hydrogen) atoms. The number of carbonyl (C=O) groups excluding carboxylic acids is 1. The molecule has 2 fully saturated rings. The smallest absolute Gasteiger partial charge is 0.306 e. The van der Waals surface area contributed by atoms with Crippen molar-refractivity contribution in [1.82, 2.24) is 4.90 Å². The lowest BCUT2D eigenvalue weighted by Gasteiger charge is -2.35. The number of hydrogen-bond acceptors (Lipinski definition) is 3. The molecule has 0 bridgehead atoms. The van der Waals surface area contributed by atoms with E-state index in [-0.39, 0.29) is 30.4 Å². The molecule has 5 nitrogen and oxygen atoms in total. The molecular weight excluding hydrogens is 258 g/mol. The number of aliphatic carboxylic acids is 1. The lowest BCUT2D eigenvalue weighted by Crippen LogP contribution is -2.45. The summed E-state index contributed by atoms with van der Waals surface area (Å²) < 4.78 is 0. The first-order chi connectivity index (χ1) is 9.63. The predicted octanol–water partition coefficient (Wildman–Crippen LogP) is 1.64. The number of amides is 1. The van der Waals surface area contributed by atoms with Crippen LogP contribution in [0.1, 0.15) is 51.4 Å². The Morgan fingerprint density at radius 2 is 1.65 bits per heavy atom. The number of carboxylic acid groups (broad SMARTS) is 1. The molecule has 0 saturated heterocycles. The zero-order valence-corrected chi connectivity index (χ0v) is 12.0. The number of carbonyl (C=O) groups is 2. The summed E-state index contributed by atoms with van der Waals surface area (Å²) in [5.41, 5.74) is 0. The van der Waals surface area contributed by atoms with E-state index in [0.717, 1.165) is 25.7 Å². The predicted molar refractivity (Wildman–Crippen MR) is 74.1 cm³/mol. The van der Waals surface area contributed by atoms with Gasteiger partial charge in [-0.05, 0) is 32.1 Å². The van der Waals surface area contributed by atoms with Crippen molar-refractivity contribution in [2.24, 2.45) is 11.8 Å². The van der Waals surface area contributed by atoms with Crippen LogP contribution in [0.3, 0.4) is 0 Å². The quantitative estimate of drug-likeness (QED) is 0.804. The average molecular weight is 283 g/mol. The van der Waals surface area contributed by atoms with E-state index >= 15 is 0 Å². The molecule has 0 aromatic rings. The Bertz CT molecular complexity index is 352. The third kappa shape index (κ3) is 3.51. The zero-order chi connectivity index (χ0) is 14.5. The van der Waals surface area contributed by atoms with Crippen LogP contribution >= 0.6 is 0 Å². The molecule has 0 aliphatic heterocycles. The maximum absolute atomic E-state index is 12.6. The SMILES string of the molecule is O=C(O)C1CCC(C(=O)N(CCO)C2CCCCC2)C1. The van der Waals surface area contributed by atoms with Gasteiger partial charge in [0.05, 0.1) is 12.5 Å². The topological polar surface area (TPSA) is 77.8 Å². The van der Waals surface area contributed by atoms with Gasteiger partial charge in [0.1, 0.15) is 0 Å². The lowest BCUT2D eigenvalue weighted by atomic mass is 9.92. The molecule has 0 aromatic heterocycles. The molecule has 0 spiro atoms. The maximum Gasteiger partial charge on any atom is 0.306 e. The highest BCUT2D eigenvalue weighted by Crippen LogP contribution is 2.34. The maximum atomic E-state index is 12.6. The molecule has 2 unspecified atom stereocenters. The Kier molecular flexibility index (Phi) is 5.40. The van der Waals surface area contributed by atoms with Crippen LogP contribution in [0.15, 0.2) is 0 Å². The molecule has 5 heteroatoms. The minimum Gasteiger partial charge on any atom is -0.481 e. The first-order valence-corrected chi connectivity index (χ1v) is 7.77. The summed E-state index contributed by atoms with van der Waals surface area (Å²) in [6.45, 7) is 0.370. The van der Waals surface area contributed by atoms with Gasteiger partial charge in [0.2, 0.25) is 5.91 Å². The Morgan fingerprint density at radius 1 is 1.00 bits per heavy atom. The van der Waals surface area contributed by atoms with Gasteiger partial charge in [0.15, 0.2) is 0 Å². The third-order valence-electron chi connectivity index (χ3n) is 4.77. The second kappa shape index (κ2) is 7.07. The van der Waals surface area contributed by atoms with Crippen LogP contribution in [-0.4, -0.2) is 46.2 Å². The first kappa shape index (κ1) is 15.3. The molecular formula is C15H25NO4. The van der Waals surface area contributed by atoms with Crippen LogP contribution in [-0.2, 0) is 9.59 Å². The fraction of sp³-hybridized carbons (Fsp3) is 0.867. The third-order valence-corrected chi connectivity index (χ3v) is 4.77. The molecule has 0 radical (unpaired) electrons. The highest BCUT2D eigenvalue weighted by Gasteiger charge is 2.37. The second-order valence-corrected chi connectivity index (χ2v) is 6.09. The summed E-state index contributed by atoms with van der Waals surface area (Å²) in [5, 5.41) is 18.2. The van der Waals surface area contributed by atoms with E-state index in [9.17, 15) is 14.7 Å². The Hall–Kier alpha value is -1.10. The summed E-state index contributed by atoms with van der Waals surface area (Å²) in [5.74, 6) is -1.25. The van der Waals surface area contributed by atoms with Crippen LogP contribution in [0.25, 0.3) is 0 Å². The van der Waals surface area contributed by atoms with Crippen molar-refractivity contribution in [3.05, 3.63) is 0 Å². The molecule has 0 heterocycles. The van der Waals surface area contributed by atoms with Crippen LogP contribution < -0.4 is 0 Å². The number of carboxylic acids is 1. The summed E-state index contributed by atoms with van der Waals surface area (Å²) in [6, 6.07) is 0.243. The van der Waals surface area contributed by atoms with Crippen molar-refractivity contribution in [3.8, 4) is 0 Å². The molecule has 2 aliphatic carbocycles. The fourth-order valence-electron chi connectivity index (χ4n) is 3.64. The van der Waals surface area contributed by atoms with Gasteiger partial charge in [0.25, 0.3) is 0 Å². The van der Waals surface area contributed by atoms with Crippen LogP contribution in [0, 0.1) is 11.8 Å². The fourth-order valence-corrected chi connectivity index (χ4v) is 3.64. The molecule has 2 atom stereocenters. The minimum atomic E-state index is -0.785. The van der Waals surface area contributed by atoms with Crippen molar-refractivity contribution in [3.63, 3.8) is 0 Å².